The summed E-state index contributed by atoms with van der Waals surface area (Å²) in [5.41, 5.74) is 7.13. The van der Waals surface area contributed by atoms with Crippen LogP contribution in [-0.4, -0.2) is 5.11 Å². The zero-order valence-electron chi connectivity index (χ0n) is 7.66. The maximum Gasteiger partial charge on any atom is 0.115 e. The highest BCUT2D eigenvalue weighted by atomic mass is 16.3. The largest absolute Gasteiger partial charge is 0.508 e. The summed E-state index contributed by atoms with van der Waals surface area (Å²) in [4.78, 5) is 0. The summed E-state index contributed by atoms with van der Waals surface area (Å²) in [6.45, 7) is 0. The van der Waals surface area contributed by atoms with Crippen LogP contribution in [-0.2, 0) is 5.54 Å². The minimum atomic E-state index is -0.182. The third kappa shape index (κ3) is 1.54. The van der Waals surface area contributed by atoms with Crippen LogP contribution in [0.5, 0.6) is 5.75 Å². The van der Waals surface area contributed by atoms with Crippen molar-refractivity contribution >= 4 is 0 Å². The van der Waals surface area contributed by atoms with Crippen molar-refractivity contribution < 1.29 is 5.11 Å². The molecule has 0 heterocycles. The molecule has 70 valence electrons. The van der Waals surface area contributed by atoms with Crippen LogP contribution in [0.2, 0.25) is 0 Å². The maximum absolute atomic E-state index is 9.33. The van der Waals surface area contributed by atoms with Gasteiger partial charge >= 0.3 is 0 Å². The molecule has 1 aliphatic carbocycles. The van der Waals surface area contributed by atoms with E-state index in [1.165, 1.54) is 12.8 Å². The van der Waals surface area contributed by atoms with Crippen LogP contribution in [0.1, 0.15) is 31.2 Å². The standard InChI is InChI=1S/C11H15NO/c12-11(6-1-2-7-11)9-4-3-5-10(13)8-9/h3-5,8,13H,1-2,6-7,12H2. The van der Waals surface area contributed by atoms with Crippen LogP contribution in [0.15, 0.2) is 24.3 Å². The average Bonchev–Trinajstić information content (AvgIpc) is 2.54. The van der Waals surface area contributed by atoms with E-state index in [0.29, 0.717) is 5.75 Å². The first kappa shape index (κ1) is 8.57. The van der Waals surface area contributed by atoms with E-state index >= 15 is 0 Å². The molecule has 0 saturated heterocycles. The van der Waals surface area contributed by atoms with Gasteiger partial charge < -0.3 is 10.8 Å². The SMILES string of the molecule is NC1(c2cccc(O)c2)CCCC1. The Morgan fingerprint density at radius 2 is 1.92 bits per heavy atom. The number of hydrogen-bond acceptors (Lipinski definition) is 2. The molecule has 1 aromatic carbocycles. The Labute approximate surface area is 78.4 Å². The monoisotopic (exact) mass is 177 g/mol. The first-order valence-corrected chi connectivity index (χ1v) is 4.79. The van der Waals surface area contributed by atoms with E-state index in [-0.39, 0.29) is 5.54 Å². The lowest BCUT2D eigenvalue weighted by molar-refractivity contribution is 0.446. The predicted molar refractivity (Wildman–Crippen MR) is 52.4 cm³/mol. The summed E-state index contributed by atoms with van der Waals surface area (Å²) in [7, 11) is 0. The van der Waals surface area contributed by atoms with Gasteiger partial charge in [0.2, 0.25) is 0 Å². The molecular formula is C11H15NO. The Hall–Kier alpha value is -1.02. The average molecular weight is 177 g/mol. The van der Waals surface area contributed by atoms with Gasteiger partial charge in [0.25, 0.3) is 0 Å². The van der Waals surface area contributed by atoms with E-state index in [1.54, 1.807) is 12.1 Å². The highest BCUT2D eigenvalue weighted by molar-refractivity contribution is 5.32. The lowest BCUT2D eigenvalue weighted by Crippen LogP contribution is -2.32. The van der Waals surface area contributed by atoms with E-state index in [1.807, 2.05) is 12.1 Å². The Morgan fingerprint density at radius 1 is 1.23 bits per heavy atom. The molecule has 1 aliphatic rings. The number of phenolic OH excluding ortho intramolecular Hbond substituents is 1. The molecule has 13 heavy (non-hydrogen) atoms. The number of rotatable bonds is 1. The number of aromatic hydroxyl groups is 1. The lowest BCUT2D eigenvalue weighted by atomic mass is 9.89. The smallest absolute Gasteiger partial charge is 0.115 e. The van der Waals surface area contributed by atoms with Gasteiger partial charge in [-0.1, -0.05) is 25.0 Å². The van der Waals surface area contributed by atoms with Gasteiger partial charge in [-0.25, -0.2) is 0 Å². The number of phenols is 1. The zero-order chi connectivity index (χ0) is 9.31. The highest BCUT2D eigenvalue weighted by Gasteiger charge is 2.31. The minimum absolute atomic E-state index is 0.182. The van der Waals surface area contributed by atoms with E-state index in [4.69, 9.17) is 5.73 Å². The molecule has 0 aromatic heterocycles. The molecule has 0 amide bonds. The van der Waals surface area contributed by atoms with Gasteiger partial charge in [-0.05, 0) is 30.5 Å². The molecule has 0 aliphatic heterocycles. The Bertz CT molecular complexity index is 303. The molecule has 2 nitrogen and oxygen atoms in total. The van der Waals surface area contributed by atoms with E-state index in [0.717, 1.165) is 18.4 Å². The topological polar surface area (TPSA) is 46.2 Å². The van der Waals surface area contributed by atoms with Gasteiger partial charge in [0.15, 0.2) is 0 Å². The molecule has 3 N–H and O–H groups in total. The molecule has 0 atom stereocenters. The fraction of sp³-hybridized carbons (Fsp3) is 0.455. The van der Waals surface area contributed by atoms with Crippen LogP contribution in [0.4, 0.5) is 0 Å². The van der Waals surface area contributed by atoms with Crippen molar-refractivity contribution in [2.45, 2.75) is 31.2 Å². The van der Waals surface area contributed by atoms with Gasteiger partial charge in [-0.2, -0.15) is 0 Å². The fourth-order valence-corrected chi connectivity index (χ4v) is 2.11. The molecular weight excluding hydrogens is 162 g/mol. The van der Waals surface area contributed by atoms with E-state index in [2.05, 4.69) is 0 Å². The second-order valence-electron chi connectivity index (χ2n) is 3.91. The van der Waals surface area contributed by atoms with Crippen LogP contribution in [0.3, 0.4) is 0 Å². The van der Waals surface area contributed by atoms with Crippen molar-refractivity contribution in [3.63, 3.8) is 0 Å². The first-order chi connectivity index (χ1) is 6.21. The lowest BCUT2D eigenvalue weighted by Gasteiger charge is -2.24. The van der Waals surface area contributed by atoms with Crippen molar-refractivity contribution in [1.82, 2.24) is 0 Å². The Morgan fingerprint density at radius 3 is 2.54 bits per heavy atom. The van der Waals surface area contributed by atoms with Crippen molar-refractivity contribution in [3.8, 4) is 5.75 Å². The van der Waals surface area contributed by atoms with Crippen molar-refractivity contribution in [3.05, 3.63) is 29.8 Å². The summed E-state index contributed by atoms with van der Waals surface area (Å²) in [6, 6.07) is 7.33. The summed E-state index contributed by atoms with van der Waals surface area (Å²) in [6.07, 6.45) is 4.48. The van der Waals surface area contributed by atoms with Gasteiger partial charge in [-0.3, -0.25) is 0 Å². The third-order valence-electron chi connectivity index (χ3n) is 2.92. The van der Waals surface area contributed by atoms with E-state index in [9.17, 15) is 5.11 Å². The second-order valence-corrected chi connectivity index (χ2v) is 3.91. The minimum Gasteiger partial charge on any atom is -0.508 e. The molecule has 1 fully saturated rings. The van der Waals surface area contributed by atoms with Gasteiger partial charge in [0.1, 0.15) is 5.75 Å². The van der Waals surface area contributed by atoms with Crippen molar-refractivity contribution in [2.75, 3.05) is 0 Å². The summed E-state index contributed by atoms with van der Waals surface area (Å²) in [5.74, 6) is 0.314. The van der Waals surface area contributed by atoms with Gasteiger partial charge in [-0.15, -0.1) is 0 Å². The molecule has 1 saturated carbocycles. The number of benzene rings is 1. The highest BCUT2D eigenvalue weighted by Crippen LogP contribution is 2.36. The predicted octanol–water partition coefficient (Wildman–Crippen LogP) is 2.12. The Kier molecular flexibility index (Phi) is 2.00. The molecule has 2 rings (SSSR count). The summed E-state index contributed by atoms with van der Waals surface area (Å²) < 4.78 is 0. The molecule has 0 radical (unpaired) electrons. The summed E-state index contributed by atoms with van der Waals surface area (Å²) in [5, 5.41) is 9.33. The first-order valence-electron chi connectivity index (χ1n) is 4.79. The van der Waals surface area contributed by atoms with Crippen LogP contribution in [0, 0.1) is 0 Å². The fourth-order valence-electron chi connectivity index (χ4n) is 2.11. The van der Waals surface area contributed by atoms with Crippen LogP contribution >= 0.6 is 0 Å². The number of hydrogen-bond donors (Lipinski definition) is 2. The summed E-state index contributed by atoms with van der Waals surface area (Å²) >= 11 is 0. The molecule has 0 unspecified atom stereocenters. The molecule has 0 spiro atoms. The Balaban J connectivity index is 2.33. The molecule has 2 heteroatoms. The zero-order valence-corrected chi connectivity index (χ0v) is 7.66. The van der Waals surface area contributed by atoms with E-state index < -0.39 is 0 Å². The van der Waals surface area contributed by atoms with Crippen molar-refractivity contribution in [1.29, 1.82) is 0 Å². The third-order valence-corrected chi connectivity index (χ3v) is 2.92. The van der Waals surface area contributed by atoms with Gasteiger partial charge in [0, 0.05) is 5.54 Å². The number of nitrogens with two attached hydrogens (primary N) is 1. The molecule has 0 bridgehead atoms. The molecule has 1 aromatic rings. The van der Waals surface area contributed by atoms with Crippen LogP contribution in [0.25, 0.3) is 0 Å². The van der Waals surface area contributed by atoms with Gasteiger partial charge in [0.05, 0.1) is 0 Å². The second kappa shape index (κ2) is 3.04. The maximum atomic E-state index is 9.33. The normalized spacial score (nSPS) is 20.4. The van der Waals surface area contributed by atoms with Crippen molar-refractivity contribution in [2.24, 2.45) is 5.73 Å². The van der Waals surface area contributed by atoms with Crippen LogP contribution < -0.4 is 5.73 Å². The quantitative estimate of drug-likeness (QED) is 0.690.